The minimum atomic E-state index is -1.36. The summed E-state index contributed by atoms with van der Waals surface area (Å²) in [4.78, 5) is 26.8. The quantitative estimate of drug-likeness (QED) is 0.213. The van der Waals surface area contributed by atoms with Crippen LogP contribution in [0.15, 0.2) is 11.6 Å². The molecule has 0 amide bonds. The van der Waals surface area contributed by atoms with E-state index in [-0.39, 0.29) is 40.6 Å². The van der Waals surface area contributed by atoms with Crippen molar-refractivity contribution in [3.05, 3.63) is 11.6 Å². The van der Waals surface area contributed by atoms with Gasteiger partial charge in [0, 0.05) is 0 Å². The van der Waals surface area contributed by atoms with Gasteiger partial charge < -0.3 is 35.0 Å². The average molecular weight is 633 g/mol. The van der Waals surface area contributed by atoms with Crippen LogP contribution in [0.2, 0.25) is 0 Å². The molecule has 11 unspecified atom stereocenters. The maximum Gasteiger partial charge on any atom is 0.314 e. The zero-order valence-corrected chi connectivity index (χ0v) is 28.2. The summed E-state index contributed by atoms with van der Waals surface area (Å²) in [6.07, 6.45) is 2.36. The van der Waals surface area contributed by atoms with Gasteiger partial charge in [0.25, 0.3) is 0 Å². The number of fused-ring (bicyclic) bond motifs is 7. The summed E-state index contributed by atoms with van der Waals surface area (Å²) in [6.45, 7) is 15.0. The first-order valence-corrected chi connectivity index (χ1v) is 17.4. The van der Waals surface area contributed by atoms with Crippen molar-refractivity contribution in [1.29, 1.82) is 0 Å². The Bertz CT molecular complexity index is 1250. The second kappa shape index (κ2) is 10.7. The Morgan fingerprint density at radius 1 is 0.822 bits per heavy atom. The fourth-order valence-electron chi connectivity index (χ4n) is 12.5. The molecule has 45 heavy (non-hydrogen) atoms. The van der Waals surface area contributed by atoms with Crippen molar-refractivity contribution in [2.75, 3.05) is 0 Å². The highest BCUT2D eigenvalue weighted by Gasteiger charge is 2.73. The highest BCUT2D eigenvalue weighted by Crippen LogP contribution is 2.76. The van der Waals surface area contributed by atoms with E-state index in [2.05, 4.69) is 47.6 Å². The van der Waals surface area contributed by atoms with Crippen molar-refractivity contribution in [1.82, 2.24) is 0 Å². The molecule has 0 aromatic carbocycles. The van der Waals surface area contributed by atoms with Crippen LogP contribution in [-0.4, -0.2) is 74.3 Å². The van der Waals surface area contributed by atoms with Crippen molar-refractivity contribution in [2.24, 2.45) is 56.7 Å². The Hall–Kier alpha value is -1.52. The first kappa shape index (κ1) is 33.4. The van der Waals surface area contributed by atoms with Crippen molar-refractivity contribution in [2.45, 2.75) is 143 Å². The Balaban J connectivity index is 1.35. The molecule has 9 heteroatoms. The monoisotopic (exact) mass is 632 g/mol. The van der Waals surface area contributed by atoms with Gasteiger partial charge in [0.15, 0.2) is 6.29 Å². The molecule has 0 radical (unpaired) electrons. The molecule has 9 nitrogen and oxygen atoms in total. The van der Waals surface area contributed by atoms with E-state index in [0.29, 0.717) is 31.6 Å². The molecule has 1 aliphatic heterocycles. The zero-order chi connectivity index (χ0) is 33.1. The average Bonchev–Trinajstić information content (AvgIpc) is 2.97. The van der Waals surface area contributed by atoms with Crippen LogP contribution in [0.5, 0.6) is 0 Å². The molecule has 6 rings (SSSR count). The summed E-state index contributed by atoms with van der Waals surface area (Å²) in [6, 6.07) is 0. The molecule has 0 spiro atoms. The Morgan fingerprint density at radius 3 is 2.16 bits per heavy atom. The van der Waals surface area contributed by atoms with Crippen molar-refractivity contribution < 1.29 is 44.6 Å². The number of allylic oxidation sites excluding steroid dienone is 1. The number of carboxylic acids is 2. The molecule has 5 N–H and O–H groups in total. The van der Waals surface area contributed by atoms with Gasteiger partial charge in [-0.25, -0.2) is 0 Å². The van der Waals surface area contributed by atoms with Gasteiger partial charge in [-0.3, -0.25) is 9.59 Å². The molecule has 15 atom stereocenters. The molecule has 0 bridgehead atoms. The molecular weight excluding hydrogens is 576 g/mol. The number of ether oxygens (including phenoxy) is 2. The fraction of sp³-hybridized carbons (Fsp3) is 0.889. The van der Waals surface area contributed by atoms with Gasteiger partial charge >= 0.3 is 11.9 Å². The van der Waals surface area contributed by atoms with Gasteiger partial charge in [-0.15, -0.1) is 0 Å². The predicted molar refractivity (Wildman–Crippen MR) is 166 cm³/mol. The number of aliphatic hydroxyl groups is 3. The summed E-state index contributed by atoms with van der Waals surface area (Å²) in [5.41, 5.74) is -2.13. The number of hydrogen-bond acceptors (Lipinski definition) is 7. The van der Waals surface area contributed by atoms with E-state index < -0.39 is 58.9 Å². The van der Waals surface area contributed by atoms with Gasteiger partial charge in [0.05, 0.1) is 23.0 Å². The van der Waals surface area contributed by atoms with Crippen LogP contribution in [-0.2, 0) is 19.1 Å². The SMILES string of the molecule is CC1CC[C@]2(C(=O)O)CC[C@]3(C(=O)O)C(=CCC4[C@@]5(C)CCC(OC6OC(C)C(O)C(O)C6O)C(C)(C)C5CC[C@]43C)C2C1C. The molecule has 6 aliphatic rings. The molecule has 0 aromatic heterocycles. The first-order valence-electron chi connectivity index (χ1n) is 17.4. The van der Waals surface area contributed by atoms with E-state index >= 15 is 0 Å². The van der Waals surface area contributed by atoms with E-state index in [1.54, 1.807) is 6.92 Å². The lowest BCUT2D eigenvalue weighted by molar-refractivity contribution is -0.324. The summed E-state index contributed by atoms with van der Waals surface area (Å²) in [5, 5.41) is 53.2. The van der Waals surface area contributed by atoms with Gasteiger partial charge in [-0.05, 0) is 111 Å². The number of aliphatic carboxylic acids is 2. The van der Waals surface area contributed by atoms with Crippen molar-refractivity contribution in [3.8, 4) is 0 Å². The number of carbonyl (C=O) groups is 2. The Morgan fingerprint density at radius 2 is 1.51 bits per heavy atom. The first-order chi connectivity index (χ1) is 20.9. The fourth-order valence-corrected chi connectivity index (χ4v) is 12.5. The maximum atomic E-state index is 13.8. The molecule has 1 saturated heterocycles. The van der Waals surface area contributed by atoms with Crippen LogP contribution in [0.3, 0.4) is 0 Å². The van der Waals surface area contributed by atoms with Crippen LogP contribution in [0, 0.1) is 56.7 Å². The molecule has 5 aliphatic carbocycles. The van der Waals surface area contributed by atoms with E-state index in [4.69, 9.17) is 9.47 Å². The summed E-state index contributed by atoms with van der Waals surface area (Å²) in [7, 11) is 0. The molecule has 254 valence electrons. The normalized spacial score (nSPS) is 54.0. The van der Waals surface area contributed by atoms with Gasteiger partial charge in [-0.1, -0.05) is 53.2 Å². The zero-order valence-electron chi connectivity index (χ0n) is 28.2. The summed E-state index contributed by atoms with van der Waals surface area (Å²) in [5.74, 6) is -1.08. The second-order valence-electron chi connectivity index (χ2n) is 17.2. The van der Waals surface area contributed by atoms with Crippen LogP contribution >= 0.6 is 0 Å². The topological polar surface area (TPSA) is 154 Å². The van der Waals surface area contributed by atoms with Crippen LogP contribution in [0.1, 0.15) is 106 Å². The van der Waals surface area contributed by atoms with Crippen LogP contribution < -0.4 is 0 Å². The summed E-state index contributed by atoms with van der Waals surface area (Å²) >= 11 is 0. The molecule has 1 heterocycles. The van der Waals surface area contributed by atoms with Crippen molar-refractivity contribution in [3.63, 3.8) is 0 Å². The lowest BCUT2D eigenvalue weighted by Crippen LogP contribution is -2.68. The number of hydrogen-bond donors (Lipinski definition) is 5. The third-order valence-electron chi connectivity index (χ3n) is 15.3. The maximum absolute atomic E-state index is 13.8. The predicted octanol–water partition coefficient (Wildman–Crippen LogP) is 5.01. The number of rotatable bonds is 4. The third kappa shape index (κ3) is 4.28. The van der Waals surface area contributed by atoms with Crippen LogP contribution in [0.4, 0.5) is 0 Å². The molecule has 5 fully saturated rings. The lowest BCUT2D eigenvalue weighted by atomic mass is 9.33. The van der Waals surface area contributed by atoms with Crippen molar-refractivity contribution >= 4 is 11.9 Å². The standard InChI is InChI=1S/C36H56O9/c1-18-10-15-35(30(40)41)16-17-36(31(42)43)21(25(35)19(18)2)8-9-23-33(6)13-12-24(32(4,5)22(33)11-14-34(23,36)7)45-29-28(39)27(38)26(37)20(3)44-29/h8,18-20,22-29,37-39H,9-17H2,1-7H3,(H,40,41)(H,42,43)/t18?,19?,20?,22?,23?,24?,25?,26?,27?,28?,29?,33-,34+,35-,36+/m0/s1. The summed E-state index contributed by atoms with van der Waals surface area (Å²) < 4.78 is 12.3. The largest absolute Gasteiger partial charge is 0.481 e. The highest BCUT2D eigenvalue weighted by atomic mass is 16.7. The van der Waals surface area contributed by atoms with Gasteiger partial charge in [0.1, 0.15) is 18.3 Å². The van der Waals surface area contributed by atoms with E-state index in [9.17, 15) is 35.1 Å². The van der Waals surface area contributed by atoms with E-state index in [1.165, 1.54) is 0 Å². The van der Waals surface area contributed by atoms with Gasteiger partial charge in [-0.2, -0.15) is 0 Å². The van der Waals surface area contributed by atoms with Gasteiger partial charge in [0.2, 0.25) is 0 Å². The minimum absolute atomic E-state index is 0.0958. The second-order valence-corrected chi connectivity index (χ2v) is 17.2. The smallest absolute Gasteiger partial charge is 0.314 e. The third-order valence-corrected chi connectivity index (χ3v) is 15.3. The highest BCUT2D eigenvalue weighted by molar-refractivity contribution is 5.84. The Kier molecular flexibility index (Phi) is 7.97. The Labute approximate surface area is 267 Å². The molecular formula is C36H56O9. The lowest BCUT2D eigenvalue weighted by Gasteiger charge is -2.70. The molecule has 4 saturated carbocycles. The van der Waals surface area contributed by atoms with E-state index in [0.717, 1.165) is 37.7 Å². The van der Waals surface area contributed by atoms with Crippen LogP contribution in [0.25, 0.3) is 0 Å². The number of carboxylic acid groups (broad SMARTS) is 2. The minimum Gasteiger partial charge on any atom is -0.481 e. The van der Waals surface area contributed by atoms with E-state index in [1.807, 2.05) is 0 Å². The number of aliphatic hydroxyl groups excluding tert-OH is 3. The molecule has 0 aromatic rings.